The Morgan fingerprint density at radius 3 is 2.69 bits per heavy atom. The molecule has 3 aromatic heterocycles. The minimum atomic E-state index is -0.268. The molecule has 5 rings (SSSR count). The minimum absolute atomic E-state index is 0.121. The summed E-state index contributed by atoms with van der Waals surface area (Å²) in [6.07, 6.45) is 1.71. The van der Waals surface area contributed by atoms with Crippen molar-refractivity contribution < 1.29 is 9.13 Å². The Morgan fingerprint density at radius 1 is 1.09 bits per heavy atom. The SMILES string of the molecule is COc1ccc(Cn2c(SCc3ccccc3F)nc3c(sc4ncccc43)c2=O)cc1. The Morgan fingerprint density at radius 2 is 1.91 bits per heavy atom. The largest absolute Gasteiger partial charge is 0.497 e. The van der Waals surface area contributed by atoms with Crippen LogP contribution in [0.5, 0.6) is 5.75 Å². The first-order chi connectivity index (χ1) is 15.6. The molecular formula is C24H18FN3O2S2. The van der Waals surface area contributed by atoms with Crippen molar-refractivity contribution in [3.63, 3.8) is 0 Å². The molecule has 0 N–H and O–H groups in total. The van der Waals surface area contributed by atoms with Gasteiger partial charge < -0.3 is 4.74 Å². The molecule has 0 bridgehead atoms. The number of fused-ring (bicyclic) bond motifs is 3. The number of methoxy groups -OCH3 is 1. The zero-order valence-electron chi connectivity index (χ0n) is 17.1. The maximum absolute atomic E-state index is 14.2. The Hall–Kier alpha value is -3.23. The summed E-state index contributed by atoms with van der Waals surface area (Å²) in [7, 11) is 1.62. The van der Waals surface area contributed by atoms with Crippen molar-refractivity contribution in [1.82, 2.24) is 14.5 Å². The van der Waals surface area contributed by atoms with E-state index < -0.39 is 0 Å². The molecule has 5 aromatic rings. The van der Waals surface area contributed by atoms with Gasteiger partial charge in [-0.3, -0.25) is 9.36 Å². The highest BCUT2D eigenvalue weighted by molar-refractivity contribution is 7.98. The molecule has 0 atom stereocenters. The fourth-order valence-electron chi connectivity index (χ4n) is 3.46. The van der Waals surface area contributed by atoms with Crippen LogP contribution in [0.1, 0.15) is 11.1 Å². The molecule has 0 aliphatic carbocycles. The number of thiophene rings is 1. The summed E-state index contributed by atoms with van der Waals surface area (Å²) >= 11 is 2.70. The molecule has 0 aliphatic rings. The number of benzene rings is 2. The van der Waals surface area contributed by atoms with Gasteiger partial charge in [0.1, 0.15) is 21.1 Å². The molecule has 0 amide bonds. The van der Waals surface area contributed by atoms with E-state index in [4.69, 9.17) is 9.72 Å². The van der Waals surface area contributed by atoms with Crippen molar-refractivity contribution in [1.29, 1.82) is 0 Å². The second-order valence-corrected chi connectivity index (χ2v) is 9.09. The molecule has 8 heteroatoms. The van der Waals surface area contributed by atoms with Crippen LogP contribution < -0.4 is 10.3 Å². The van der Waals surface area contributed by atoms with Gasteiger partial charge in [0.25, 0.3) is 5.56 Å². The number of hydrogen-bond donors (Lipinski definition) is 0. The lowest BCUT2D eigenvalue weighted by Gasteiger charge is -2.13. The molecule has 0 spiro atoms. The predicted octanol–water partition coefficient (Wildman–Crippen LogP) is 5.49. The van der Waals surface area contributed by atoms with Gasteiger partial charge in [-0.05, 0) is 41.5 Å². The number of rotatable bonds is 6. The zero-order valence-corrected chi connectivity index (χ0v) is 18.8. The first-order valence-electron chi connectivity index (χ1n) is 9.91. The van der Waals surface area contributed by atoms with E-state index in [-0.39, 0.29) is 11.4 Å². The monoisotopic (exact) mass is 463 g/mol. The second-order valence-electron chi connectivity index (χ2n) is 7.15. The summed E-state index contributed by atoms with van der Waals surface area (Å²) in [6, 6.07) is 18.0. The van der Waals surface area contributed by atoms with Crippen LogP contribution in [-0.4, -0.2) is 21.6 Å². The number of ether oxygens (including phenoxy) is 1. The molecule has 5 nitrogen and oxygen atoms in total. The highest BCUT2D eigenvalue weighted by atomic mass is 32.2. The van der Waals surface area contributed by atoms with Crippen molar-refractivity contribution in [2.45, 2.75) is 17.5 Å². The van der Waals surface area contributed by atoms with Crippen LogP contribution in [0.15, 0.2) is 76.8 Å². The van der Waals surface area contributed by atoms with Gasteiger partial charge in [-0.2, -0.15) is 0 Å². The normalized spacial score (nSPS) is 11.3. The number of nitrogens with zero attached hydrogens (tertiary/aromatic N) is 3. The van der Waals surface area contributed by atoms with Crippen LogP contribution in [0.4, 0.5) is 4.39 Å². The highest BCUT2D eigenvalue weighted by Crippen LogP contribution is 2.31. The zero-order chi connectivity index (χ0) is 22.1. The van der Waals surface area contributed by atoms with E-state index in [1.54, 1.807) is 36.1 Å². The van der Waals surface area contributed by atoms with E-state index in [2.05, 4.69) is 4.98 Å². The van der Waals surface area contributed by atoms with Gasteiger partial charge in [0.15, 0.2) is 5.16 Å². The average molecular weight is 464 g/mol. The summed E-state index contributed by atoms with van der Waals surface area (Å²) in [5, 5.41) is 1.40. The molecule has 160 valence electrons. The van der Waals surface area contributed by atoms with E-state index in [0.29, 0.717) is 33.2 Å². The minimum Gasteiger partial charge on any atom is -0.497 e. The van der Waals surface area contributed by atoms with Gasteiger partial charge in [0.2, 0.25) is 0 Å². The van der Waals surface area contributed by atoms with Crippen molar-refractivity contribution in [3.05, 3.63) is 94.2 Å². The van der Waals surface area contributed by atoms with Gasteiger partial charge in [-0.15, -0.1) is 11.3 Å². The third-order valence-electron chi connectivity index (χ3n) is 5.13. The Balaban J connectivity index is 1.62. The molecule has 0 fully saturated rings. The summed E-state index contributed by atoms with van der Waals surface area (Å²) in [5.74, 6) is 0.850. The van der Waals surface area contributed by atoms with Crippen molar-refractivity contribution in [2.24, 2.45) is 0 Å². The molecular weight excluding hydrogens is 445 g/mol. The van der Waals surface area contributed by atoms with E-state index in [9.17, 15) is 9.18 Å². The summed E-state index contributed by atoms with van der Waals surface area (Å²) in [4.78, 5) is 23.5. The maximum atomic E-state index is 14.2. The van der Waals surface area contributed by atoms with E-state index >= 15 is 0 Å². The van der Waals surface area contributed by atoms with Gasteiger partial charge >= 0.3 is 0 Å². The van der Waals surface area contributed by atoms with Crippen molar-refractivity contribution >= 4 is 43.5 Å². The Labute approximate surface area is 191 Å². The molecule has 0 saturated carbocycles. The first kappa shape index (κ1) is 20.7. The van der Waals surface area contributed by atoms with Crippen LogP contribution >= 0.6 is 23.1 Å². The van der Waals surface area contributed by atoms with Crippen LogP contribution in [0.25, 0.3) is 20.4 Å². The maximum Gasteiger partial charge on any atom is 0.272 e. The topological polar surface area (TPSA) is 57.0 Å². The highest BCUT2D eigenvalue weighted by Gasteiger charge is 2.17. The quantitative estimate of drug-likeness (QED) is 0.246. The third-order valence-corrected chi connectivity index (χ3v) is 7.25. The molecule has 0 unspecified atom stereocenters. The third kappa shape index (κ3) is 3.87. The smallest absolute Gasteiger partial charge is 0.272 e. The van der Waals surface area contributed by atoms with Gasteiger partial charge in [0, 0.05) is 17.3 Å². The second kappa shape index (κ2) is 8.72. The number of pyridine rings is 1. The van der Waals surface area contributed by atoms with Crippen LogP contribution in [-0.2, 0) is 12.3 Å². The summed E-state index contributed by atoms with van der Waals surface area (Å²) in [5.41, 5.74) is 2.04. The fraction of sp³-hybridized carbons (Fsp3) is 0.125. The number of hydrogen-bond acceptors (Lipinski definition) is 6. The molecule has 0 aliphatic heterocycles. The Bertz CT molecular complexity index is 1480. The standard InChI is InChI=1S/C24H18FN3O2S2/c1-30-17-10-8-15(9-11-17)13-28-23(29)21-20(18-6-4-12-26-22(18)32-21)27-24(28)31-14-16-5-2-3-7-19(16)25/h2-12H,13-14H2,1H3. The van der Waals surface area contributed by atoms with E-state index in [1.807, 2.05) is 36.4 Å². The first-order valence-corrected chi connectivity index (χ1v) is 11.7. The van der Waals surface area contributed by atoms with E-state index in [1.165, 1.54) is 29.2 Å². The van der Waals surface area contributed by atoms with Crippen LogP contribution in [0, 0.1) is 5.82 Å². The number of halogens is 1. The lowest BCUT2D eigenvalue weighted by atomic mass is 10.2. The molecule has 0 saturated heterocycles. The summed E-state index contributed by atoms with van der Waals surface area (Å²) < 4.78 is 21.6. The van der Waals surface area contributed by atoms with E-state index in [0.717, 1.165) is 21.5 Å². The van der Waals surface area contributed by atoms with Crippen LogP contribution in [0.2, 0.25) is 0 Å². The lowest BCUT2D eigenvalue weighted by molar-refractivity contribution is 0.414. The fourth-order valence-corrected chi connectivity index (χ4v) is 5.47. The van der Waals surface area contributed by atoms with Gasteiger partial charge in [-0.1, -0.05) is 42.1 Å². The average Bonchev–Trinajstić information content (AvgIpc) is 3.20. The molecule has 3 heterocycles. The van der Waals surface area contributed by atoms with Crippen molar-refractivity contribution in [2.75, 3.05) is 7.11 Å². The molecule has 32 heavy (non-hydrogen) atoms. The lowest BCUT2D eigenvalue weighted by Crippen LogP contribution is -2.23. The summed E-state index contributed by atoms with van der Waals surface area (Å²) in [6.45, 7) is 0.354. The molecule has 2 aromatic carbocycles. The van der Waals surface area contributed by atoms with Gasteiger partial charge in [0.05, 0.1) is 19.2 Å². The number of aromatic nitrogens is 3. The van der Waals surface area contributed by atoms with Crippen molar-refractivity contribution in [3.8, 4) is 5.75 Å². The predicted molar refractivity (Wildman–Crippen MR) is 127 cm³/mol. The number of thioether (sulfide) groups is 1. The van der Waals surface area contributed by atoms with Crippen LogP contribution in [0.3, 0.4) is 0 Å². The Kier molecular flexibility index (Phi) is 5.63. The van der Waals surface area contributed by atoms with Gasteiger partial charge in [-0.25, -0.2) is 14.4 Å². The molecule has 0 radical (unpaired) electrons.